The van der Waals surface area contributed by atoms with Crippen molar-refractivity contribution in [2.45, 2.75) is 58.0 Å². The summed E-state index contributed by atoms with van der Waals surface area (Å²) in [5.41, 5.74) is 3.26. The predicted molar refractivity (Wildman–Crippen MR) is 116 cm³/mol. The van der Waals surface area contributed by atoms with Crippen LogP contribution in [0.1, 0.15) is 55.2 Å². The number of aryl methyl sites for hydroxylation is 1. The van der Waals surface area contributed by atoms with Gasteiger partial charge >= 0.3 is 0 Å². The Balaban J connectivity index is 1.78. The minimum atomic E-state index is -1.24. The molecule has 6 nitrogen and oxygen atoms in total. The van der Waals surface area contributed by atoms with Crippen molar-refractivity contribution in [3.05, 3.63) is 29.0 Å². The number of hydrogen-bond donors (Lipinski definition) is 1. The van der Waals surface area contributed by atoms with Crippen molar-refractivity contribution in [3.63, 3.8) is 0 Å². The molecule has 1 N–H and O–H groups in total. The molecule has 0 unspecified atom stereocenters. The Morgan fingerprint density at radius 2 is 2.14 bits per heavy atom. The smallest absolute Gasteiger partial charge is 0.255 e. The van der Waals surface area contributed by atoms with E-state index in [1.54, 1.807) is 0 Å². The third-order valence-corrected chi connectivity index (χ3v) is 8.10. The van der Waals surface area contributed by atoms with Gasteiger partial charge in [-0.15, -0.1) is 0 Å². The number of carbonyl (C=O) groups is 2. The Morgan fingerprint density at radius 3 is 2.76 bits per heavy atom. The van der Waals surface area contributed by atoms with Crippen molar-refractivity contribution in [2.75, 3.05) is 11.1 Å². The average Bonchev–Trinajstić information content (AvgIpc) is 3.39. The SMILES string of the molecule is CC[S@@](=O)c1cc(-c2sc(NC(C)=O)nc2C)cc2c1C(=O)N([C@@H](C)C1CC1)C2. The quantitative estimate of drug-likeness (QED) is 0.751. The Labute approximate surface area is 177 Å². The minimum Gasteiger partial charge on any atom is -0.331 e. The molecule has 2 aromatic rings. The maximum Gasteiger partial charge on any atom is 0.255 e. The summed E-state index contributed by atoms with van der Waals surface area (Å²) in [5.74, 6) is 0.877. The molecule has 1 aromatic heterocycles. The molecular formula is C21H25N3O3S2. The van der Waals surface area contributed by atoms with Gasteiger partial charge in [0.05, 0.1) is 31.8 Å². The van der Waals surface area contributed by atoms with Crippen molar-refractivity contribution < 1.29 is 13.8 Å². The third-order valence-electron chi connectivity index (χ3n) is 5.64. The van der Waals surface area contributed by atoms with Crippen LogP contribution in [0.5, 0.6) is 0 Å². The van der Waals surface area contributed by atoms with Crippen molar-refractivity contribution >= 4 is 39.1 Å². The lowest BCUT2D eigenvalue weighted by Gasteiger charge is -2.24. The predicted octanol–water partition coefficient (Wildman–Crippen LogP) is 3.96. The monoisotopic (exact) mass is 431 g/mol. The molecule has 1 aliphatic heterocycles. The second-order valence-electron chi connectivity index (χ2n) is 7.77. The van der Waals surface area contributed by atoms with Crippen LogP contribution in [0.4, 0.5) is 5.13 Å². The van der Waals surface area contributed by atoms with Gasteiger partial charge in [-0.2, -0.15) is 0 Å². The molecule has 2 aliphatic rings. The number of anilines is 1. The van der Waals surface area contributed by atoms with Gasteiger partial charge in [0.25, 0.3) is 5.91 Å². The first-order valence-corrected chi connectivity index (χ1v) is 12.0. The lowest BCUT2D eigenvalue weighted by molar-refractivity contribution is -0.114. The molecule has 2 atom stereocenters. The number of amides is 2. The number of rotatable bonds is 6. The van der Waals surface area contributed by atoms with Crippen LogP contribution in [-0.2, 0) is 22.1 Å². The molecular weight excluding hydrogens is 406 g/mol. The molecule has 0 saturated heterocycles. The lowest BCUT2D eigenvalue weighted by Crippen LogP contribution is -2.34. The highest BCUT2D eigenvalue weighted by Crippen LogP contribution is 2.42. The largest absolute Gasteiger partial charge is 0.331 e. The van der Waals surface area contributed by atoms with Crippen LogP contribution in [0, 0.1) is 12.8 Å². The van der Waals surface area contributed by atoms with Gasteiger partial charge < -0.3 is 10.2 Å². The fourth-order valence-electron chi connectivity index (χ4n) is 3.94. The standard InChI is InChI=1S/C21H25N3O3S2/c1-5-29(27)17-9-15(19-11(2)22-21(28-19)23-13(4)25)8-16-10-24(20(26)18(16)17)12(3)14-6-7-14/h8-9,12,14H,5-7,10H2,1-4H3,(H,22,23,25)/t12-,29+/m0/s1. The first-order valence-electron chi connectivity index (χ1n) is 9.91. The van der Waals surface area contributed by atoms with Crippen LogP contribution in [-0.4, -0.2) is 37.7 Å². The first-order chi connectivity index (χ1) is 13.8. The van der Waals surface area contributed by atoms with Gasteiger partial charge in [-0.1, -0.05) is 18.3 Å². The molecule has 8 heteroatoms. The van der Waals surface area contributed by atoms with Crippen LogP contribution < -0.4 is 5.32 Å². The number of carbonyl (C=O) groups excluding carboxylic acids is 2. The summed E-state index contributed by atoms with van der Waals surface area (Å²) in [6.07, 6.45) is 2.35. The Morgan fingerprint density at radius 1 is 1.41 bits per heavy atom. The third kappa shape index (κ3) is 3.75. The van der Waals surface area contributed by atoms with E-state index in [9.17, 15) is 13.8 Å². The fourth-order valence-corrected chi connectivity index (χ4v) is 5.95. The molecule has 2 amide bonds. The molecule has 1 saturated carbocycles. The normalized spacial score (nSPS) is 17.9. The highest BCUT2D eigenvalue weighted by molar-refractivity contribution is 7.85. The fraction of sp³-hybridized carbons (Fsp3) is 0.476. The molecule has 0 spiro atoms. The molecule has 0 bridgehead atoms. The van der Waals surface area contributed by atoms with E-state index in [4.69, 9.17) is 0 Å². The number of aromatic nitrogens is 1. The molecule has 29 heavy (non-hydrogen) atoms. The molecule has 4 rings (SSSR count). The van der Waals surface area contributed by atoms with Gasteiger partial charge in [0.15, 0.2) is 5.13 Å². The van der Waals surface area contributed by atoms with Crippen molar-refractivity contribution in [3.8, 4) is 10.4 Å². The van der Waals surface area contributed by atoms with Gasteiger partial charge in [0.2, 0.25) is 5.91 Å². The maximum atomic E-state index is 13.2. The van der Waals surface area contributed by atoms with Gasteiger partial charge in [-0.05, 0) is 55.9 Å². The van der Waals surface area contributed by atoms with Gasteiger partial charge in [0.1, 0.15) is 0 Å². The summed E-state index contributed by atoms with van der Waals surface area (Å²) < 4.78 is 12.8. The van der Waals surface area contributed by atoms with Crippen LogP contribution in [0.2, 0.25) is 0 Å². The van der Waals surface area contributed by atoms with Crippen molar-refractivity contribution in [1.29, 1.82) is 0 Å². The first kappa shape index (κ1) is 20.2. The average molecular weight is 432 g/mol. The summed E-state index contributed by atoms with van der Waals surface area (Å²) in [5, 5.41) is 3.28. The molecule has 154 valence electrons. The molecule has 1 aromatic carbocycles. The van der Waals surface area contributed by atoms with Crippen LogP contribution >= 0.6 is 11.3 Å². The van der Waals surface area contributed by atoms with E-state index < -0.39 is 10.8 Å². The number of benzene rings is 1. The zero-order valence-corrected chi connectivity index (χ0v) is 18.7. The highest BCUT2D eigenvalue weighted by Gasteiger charge is 2.40. The van der Waals surface area contributed by atoms with Gasteiger partial charge in [-0.25, -0.2) is 4.98 Å². The Kier molecular flexibility index (Phi) is 5.33. The van der Waals surface area contributed by atoms with Crippen LogP contribution in [0.15, 0.2) is 17.0 Å². The highest BCUT2D eigenvalue weighted by atomic mass is 32.2. The van der Waals surface area contributed by atoms with E-state index in [0.29, 0.717) is 33.8 Å². The number of hydrogen-bond acceptors (Lipinski definition) is 5. The van der Waals surface area contributed by atoms with E-state index in [0.717, 1.165) is 21.7 Å². The van der Waals surface area contributed by atoms with E-state index in [-0.39, 0.29) is 17.9 Å². The van der Waals surface area contributed by atoms with E-state index in [1.807, 2.05) is 30.9 Å². The van der Waals surface area contributed by atoms with Crippen molar-refractivity contribution in [2.24, 2.45) is 5.92 Å². The van der Waals surface area contributed by atoms with E-state index in [1.165, 1.54) is 31.1 Å². The maximum absolute atomic E-state index is 13.2. The minimum absolute atomic E-state index is 0.00251. The van der Waals surface area contributed by atoms with Crippen LogP contribution in [0.3, 0.4) is 0 Å². The molecule has 0 radical (unpaired) electrons. The Bertz CT molecular complexity index is 1030. The second-order valence-corrected chi connectivity index (χ2v) is 10.5. The van der Waals surface area contributed by atoms with E-state index >= 15 is 0 Å². The molecule has 2 heterocycles. The summed E-state index contributed by atoms with van der Waals surface area (Å²) in [6.45, 7) is 7.89. The van der Waals surface area contributed by atoms with E-state index in [2.05, 4.69) is 17.2 Å². The zero-order valence-electron chi connectivity index (χ0n) is 17.1. The summed E-state index contributed by atoms with van der Waals surface area (Å²) >= 11 is 1.40. The van der Waals surface area contributed by atoms with Gasteiger partial charge in [-0.3, -0.25) is 13.8 Å². The number of nitrogens with zero attached hydrogens (tertiary/aromatic N) is 2. The number of thiazole rings is 1. The molecule has 1 aliphatic carbocycles. The second kappa shape index (κ2) is 7.65. The number of fused-ring (bicyclic) bond motifs is 1. The summed E-state index contributed by atoms with van der Waals surface area (Å²) in [7, 11) is -1.24. The lowest BCUT2D eigenvalue weighted by atomic mass is 10.0. The van der Waals surface area contributed by atoms with Crippen molar-refractivity contribution in [1.82, 2.24) is 9.88 Å². The number of nitrogens with one attached hydrogen (secondary N) is 1. The van der Waals surface area contributed by atoms with Crippen LogP contribution in [0.25, 0.3) is 10.4 Å². The zero-order chi connectivity index (χ0) is 20.9. The summed E-state index contributed by atoms with van der Waals surface area (Å²) in [6, 6.07) is 4.11. The van der Waals surface area contributed by atoms with Gasteiger partial charge in [0, 0.05) is 25.3 Å². The Hall–Kier alpha value is -2.06. The molecule has 1 fully saturated rings. The summed E-state index contributed by atoms with van der Waals surface area (Å²) in [4.78, 5) is 32.5. The topological polar surface area (TPSA) is 79.4 Å².